The lowest BCUT2D eigenvalue weighted by Gasteiger charge is -2.43. The van der Waals surface area contributed by atoms with E-state index in [9.17, 15) is 9.59 Å². The van der Waals surface area contributed by atoms with Gasteiger partial charge >= 0.3 is 0 Å². The first-order chi connectivity index (χ1) is 14.0. The van der Waals surface area contributed by atoms with Crippen molar-refractivity contribution >= 4 is 5.91 Å². The Balaban J connectivity index is 1.46. The Hall–Kier alpha value is -3.22. The first-order valence-electron chi connectivity index (χ1n) is 9.98. The van der Waals surface area contributed by atoms with Crippen molar-refractivity contribution in [3.8, 4) is 11.4 Å². The zero-order valence-electron chi connectivity index (χ0n) is 16.6. The third kappa shape index (κ3) is 2.97. The Bertz CT molecular complexity index is 1150. The number of amides is 1. The van der Waals surface area contributed by atoms with Crippen LogP contribution in [-0.4, -0.2) is 43.4 Å². The Morgan fingerprint density at radius 1 is 1.14 bits per heavy atom. The van der Waals surface area contributed by atoms with Gasteiger partial charge in [0.1, 0.15) is 5.82 Å². The van der Waals surface area contributed by atoms with Crippen molar-refractivity contribution < 1.29 is 4.79 Å². The molecule has 0 aromatic carbocycles. The molecule has 7 nitrogen and oxygen atoms in total. The zero-order chi connectivity index (χ0) is 20.1. The van der Waals surface area contributed by atoms with Gasteiger partial charge in [-0.1, -0.05) is 0 Å². The molecule has 3 aromatic rings. The summed E-state index contributed by atoms with van der Waals surface area (Å²) in [5, 5.41) is 0. The van der Waals surface area contributed by atoms with Crippen LogP contribution < -0.4 is 5.56 Å². The Kier molecular flexibility index (Phi) is 4.12. The van der Waals surface area contributed by atoms with Gasteiger partial charge in [0, 0.05) is 49.3 Å². The van der Waals surface area contributed by atoms with E-state index in [4.69, 9.17) is 0 Å². The number of aromatic amines is 1. The minimum Gasteiger partial charge on any atom is -0.344 e. The molecular formula is C22H23N5O2. The highest BCUT2D eigenvalue weighted by atomic mass is 16.2. The number of H-pyrrole nitrogens is 1. The summed E-state index contributed by atoms with van der Waals surface area (Å²) in [6, 6.07) is 7.63. The third-order valence-electron chi connectivity index (χ3n) is 6.10. The van der Waals surface area contributed by atoms with E-state index in [-0.39, 0.29) is 23.3 Å². The zero-order valence-corrected chi connectivity index (χ0v) is 16.6. The van der Waals surface area contributed by atoms with Crippen molar-refractivity contribution in [2.75, 3.05) is 13.1 Å². The topological polar surface area (TPSA) is 83.9 Å². The van der Waals surface area contributed by atoms with Crippen molar-refractivity contribution in [3.63, 3.8) is 0 Å². The van der Waals surface area contributed by atoms with Crippen LogP contribution in [0.4, 0.5) is 0 Å². The number of likely N-dealkylation sites (tertiary alicyclic amines) is 1. The third-order valence-corrected chi connectivity index (χ3v) is 6.10. The van der Waals surface area contributed by atoms with Gasteiger partial charge in [0.05, 0.1) is 16.8 Å². The number of rotatable bonds is 2. The van der Waals surface area contributed by atoms with Crippen LogP contribution in [0.25, 0.3) is 11.4 Å². The molecular weight excluding hydrogens is 366 g/mol. The molecule has 0 aliphatic carbocycles. The van der Waals surface area contributed by atoms with Crippen LogP contribution in [0.5, 0.6) is 0 Å². The van der Waals surface area contributed by atoms with E-state index < -0.39 is 0 Å². The van der Waals surface area contributed by atoms with Crippen LogP contribution in [-0.2, 0) is 6.54 Å². The number of nitrogens with one attached hydrogen (secondary N) is 1. The average Bonchev–Trinajstić information content (AvgIpc) is 3.23. The highest BCUT2D eigenvalue weighted by Crippen LogP contribution is 2.36. The second kappa shape index (κ2) is 6.69. The summed E-state index contributed by atoms with van der Waals surface area (Å²) >= 11 is 0. The number of piperidine rings is 1. The second-order valence-electron chi connectivity index (χ2n) is 8.12. The summed E-state index contributed by atoms with van der Waals surface area (Å²) < 4.78 is 1.89. The molecule has 2 aliphatic rings. The fourth-order valence-corrected chi connectivity index (χ4v) is 4.79. The number of pyridine rings is 2. The van der Waals surface area contributed by atoms with Crippen molar-refractivity contribution in [1.29, 1.82) is 0 Å². The fourth-order valence-electron chi connectivity index (χ4n) is 4.79. The summed E-state index contributed by atoms with van der Waals surface area (Å²) in [5.74, 6) is 1.07. The molecule has 1 amide bonds. The molecule has 1 N–H and O–H groups in total. The van der Waals surface area contributed by atoms with E-state index in [1.54, 1.807) is 12.4 Å². The molecule has 0 spiro atoms. The van der Waals surface area contributed by atoms with Gasteiger partial charge in [0.15, 0.2) is 0 Å². The number of imidazole rings is 1. The Labute approximate surface area is 168 Å². The molecule has 0 radical (unpaired) electrons. The highest BCUT2D eigenvalue weighted by Gasteiger charge is 2.37. The van der Waals surface area contributed by atoms with Crippen molar-refractivity contribution in [3.05, 3.63) is 69.7 Å². The number of aryl methyl sites for hydroxylation is 2. The van der Waals surface area contributed by atoms with Gasteiger partial charge in [0.25, 0.3) is 11.5 Å². The molecule has 3 aromatic heterocycles. The molecule has 0 saturated carbocycles. The van der Waals surface area contributed by atoms with Crippen molar-refractivity contribution in [2.45, 2.75) is 32.7 Å². The first-order valence-corrected chi connectivity index (χ1v) is 9.98. The van der Waals surface area contributed by atoms with Gasteiger partial charge in [-0.25, -0.2) is 4.98 Å². The van der Waals surface area contributed by atoms with Gasteiger partial charge in [-0.05, 0) is 50.5 Å². The SMILES string of the molecule is Cc1ccc(C(=O)N2C[C@@H]3C[C@H](C2)c2ccc(-c4ncc[nH]4)c(=O)n2C3)c(C)n1. The van der Waals surface area contributed by atoms with Crippen LogP contribution >= 0.6 is 0 Å². The molecule has 29 heavy (non-hydrogen) atoms. The van der Waals surface area contributed by atoms with E-state index in [2.05, 4.69) is 15.0 Å². The number of hydrogen-bond donors (Lipinski definition) is 1. The molecule has 5 rings (SSSR count). The van der Waals surface area contributed by atoms with E-state index in [0.29, 0.717) is 36.6 Å². The predicted molar refractivity (Wildman–Crippen MR) is 109 cm³/mol. The maximum Gasteiger partial charge on any atom is 0.261 e. The average molecular weight is 389 g/mol. The fraction of sp³-hybridized carbons (Fsp3) is 0.364. The minimum absolute atomic E-state index is 0.00879. The van der Waals surface area contributed by atoms with Crippen LogP contribution in [0.15, 0.2) is 41.5 Å². The van der Waals surface area contributed by atoms with Crippen LogP contribution in [0.3, 0.4) is 0 Å². The summed E-state index contributed by atoms with van der Waals surface area (Å²) in [7, 11) is 0. The maximum absolute atomic E-state index is 13.2. The molecule has 148 valence electrons. The van der Waals surface area contributed by atoms with E-state index >= 15 is 0 Å². The molecule has 7 heteroatoms. The second-order valence-corrected chi connectivity index (χ2v) is 8.12. The number of carbonyl (C=O) groups is 1. The van der Waals surface area contributed by atoms with E-state index in [1.165, 1.54) is 0 Å². The number of nitrogens with zero attached hydrogens (tertiary/aromatic N) is 4. The predicted octanol–water partition coefficient (Wildman–Crippen LogP) is 2.51. The normalized spacial score (nSPS) is 20.4. The molecule has 1 fully saturated rings. The lowest BCUT2D eigenvalue weighted by molar-refractivity contribution is 0.0593. The van der Waals surface area contributed by atoms with E-state index in [0.717, 1.165) is 23.5 Å². The van der Waals surface area contributed by atoms with Crippen molar-refractivity contribution in [1.82, 2.24) is 24.4 Å². The summed E-state index contributed by atoms with van der Waals surface area (Å²) in [6.07, 6.45) is 4.38. The molecule has 2 aliphatic heterocycles. The van der Waals surface area contributed by atoms with Gasteiger partial charge in [-0.2, -0.15) is 0 Å². The lowest BCUT2D eigenvalue weighted by Crippen LogP contribution is -2.49. The number of hydrogen-bond acceptors (Lipinski definition) is 4. The van der Waals surface area contributed by atoms with Gasteiger partial charge < -0.3 is 14.5 Å². The van der Waals surface area contributed by atoms with Crippen LogP contribution in [0.1, 0.15) is 39.8 Å². The van der Waals surface area contributed by atoms with Gasteiger partial charge in [-0.15, -0.1) is 0 Å². The van der Waals surface area contributed by atoms with Crippen LogP contribution in [0.2, 0.25) is 0 Å². The summed E-state index contributed by atoms with van der Waals surface area (Å²) in [6.45, 7) is 5.74. The lowest BCUT2D eigenvalue weighted by atomic mass is 9.82. The quantitative estimate of drug-likeness (QED) is 0.730. The summed E-state index contributed by atoms with van der Waals surface area (Å²) in [4.78, 5) is 39.8. The number of aromatic nitrogens is 4. The molecule has 2 bridgehead atoms. The molecule has 1 saturated heterocycles. The molecule has 2 atom stereocenters. The maximum atomic E-state index is 13.2. The van der Waals surface area contributed by atoms with Gasteiger partial charge in [0.2, 0.25) is 0 Å². The molecule has 0 unspecified atom stereocenters. The van der Waals surface area contributed by atoms with Crippen molar-refractivity contribution in [2.24, 2.45) is 5.92 Å². The monoisotopic (exact) mass is 389 g/mol. The minimum atomic E-state index is -0.00879. The van der Waals surface area contributed by atoms with Gasteiger partial charge in [-0.3, -0.25) is 14.6 Å². The summed E-state index contributed by atoms with van der Waals surface area (Å²) in [5.41, 5.74) is 3.94. The van der Waals surface area contributed by atoms with E-state index in [1.807, 2.05) is 47.6 Å². The standard InChI is InChI=1S/C22H23N5O2/c1-13-3-4-17(14(2)25-13)21(28)26-10-15-9-16(12-26)19-6-5-18(20-23-7-8-24-20)22(29)27(19)11-15/h3-8,15-16H,9-12H2,1-2H3,(H,23,24)/t15-,16+/m0/s1. The smallest absolute Gasteiger partial charge is 0.261 e. The van der Waals surface area contributed by atoms with Crippen LogP contribution in [0, 0.1) is 19.8 Å². The largest absolute Gasteiger partial charge is 0.344 e. The Morgan fingerprint density at radius 2 is 2.00 bits per heavy atom. The highest BCUT2D eigenvalue weighted by molar-refractivity contribution is 5.95. The number of carbonyl (C=O) groups excluding carboxylic acids is 1. The molecule has 5 heterocycles. The first kappa shape index (κ1) is 17.8. The number of fused-ring (bicyclic) bond motifs is 4. The Morgan fingerprint density at radius 3 is 2.76 bits per heavy atom.